The van der Waals surface area contributed by atoms with Crippen molar-refractivity contribution in [3.05, 3.63) is 35.2 Å². The van der Waals surface area contributed by atoms with Crippen LogP contribution in [0.1, 0.15) is 19.2 Å². The van der Waals surface area contributed by atoms with Gasteiger partial charge in [0, 0.05) is 10.6 Å². The first kappa shape index (κ1) is 15.5. The van der Waals surface area contributed by atoms with Gasteiger partial charge in [-0.1, -0.05) is 35.8 Å². The number of aliphatic carboxylic acids is 1. The Hall–Kier alpha value is -1.92. The molecule has 0 unspecified atom stereocenters. The Morgan fingerprint density at radius 2 is 2.29 bits per heavy atom. The molecule has 1 heterocycles. The van der Waals surface area contributed by atoms with Gasteiger partial charge in [-0.05, 0) is 25.1 Å². The molecule has 0 fully saturated rings. The van der Waals surface area contributed by atoms with Gasteiger partial charge in [0.2, 0.25) is 11.7 Å². The molecule has 21 heavy (non-hydrogen) atoms. The zero-order chi connectivity index (χ0) is 15.2. The molecule has 0 aliphatic rings. The molecule has 0 amide bonds. The standard InChI is InChI=1S/C14H16ClN3O3/c1-2-6-18(9-13(19)20)8-12-16-14(17-21-12)10-4-3-5-11(15)7-10/h3-5,7H,2,6,8-9H2,1H3,(H,19,20). The van der Waals surface area contributed by atoms with Crippen LogP contribution in [0, 0.1) is 0 Å². The third kappa shape index (κ3) is 4.54. The molecular weight excluding hydrogens is 294 g/mol. The molecule has 1 aromatic carbocycles. The number of nitrogens with zero attached hydrogens (tertiary/aromatic N) is 3. The third-order valence-corrected chi connectivity index (χ3v) is 3.04. The molecule has 0 aliphatic carbocycles. The number of rotatable bonds is 7. The number of hydrogen-bond donors (Lipinski definition) is 1. The molecule has 2 rings (SSSR count). The minimum Gasteiger partial charge on any atom is -0.480 e. The van der Waals surface area contributed by atoms with E-state index in [9.17, 15) is 4.79 Å². The number of carboxylic acid groups (broad SMARTS) is 1. The van der Waals surface area contributed by atoms with Crippen molar-refractivity contribution in [2.45, 2.75) is 19.9 Å². The number of benzene rings is 1. The van der Waals surface area contributed by atoms with E-state index in [2.05, 4.69) is 10.1 Å². The predicted octanol–water partition coefficient (Wildman–Crippen LogP) is 2.69. The fraction of sp³-hybridized carbons (Fsp3) is 0.357. The van der Waals surface area contributed by atoms with Crippen LogP contribution >= 0.6 is 11.6 Å². The molecule has 0 atom stereocenters. The van der Waals surface area contributed by atoms with Crippen molar-refractivity contribution in [3.63, 3.8) is 0 Å². The van der Waals surface area contributed by atoms with Crippen LogP contribution in [-0.2, 0) is 11.3 Å². The predicted molar refractivity (Wildman–Crippen MR) is 77.9 cm³/mol. The van der Waals surface area contributed by atoms with E-state index in [1.807, 2.05) is 19.1 Å². The van der Waals surface area contributed by atoms with Crippen molar-refractivity contribution < 1.29 is 14.4 Å². The molecule has 0 saturated carbocycles. The SMILES string of the molecule is CCCN(CC(=O)O)Cc1nc(-c2cccc(Cl)c2)no1. The second kappa shape index (κ2) is 7.19. The molecule has 0 aliphatic heterocycles. The Kier molecular flexibility index (Phi) is 5.30. The lowest BCUT2D eigenvalue weighted by Gasteiger charge is -2.16. The Balaban J connectivity index is 2.10. The average molecular weight is 310 g/mol. The lowest BCUT2D eigenvalue weighted by molar-refractivity contribution is -0.138. The molecule has 6 nitrogen and oxygen atoms in total. The summed E-state index contributed by atoms with van der Waals surface area (Å²) in [7, 11) is 0. The second-order valence-corrected chi connectivity index (χ2v) is 5.06. The van der Waals surface area contributed by atoms with Gasteiger partial charge < -0.3 is 9.63 Å². The molecule has 0 spiro atoms. The van der Waals surface area contributed by atoms with E-state index in [0.717, 1.165) is 12.0 Å². The maximum atomic E-state index is 10.8. The van der Waals surface area contributed by atoms with Crippen molar-refractivity contribution in [1.29, 1.82) is 0 Å². The van der Waals surface area contributed by atoms with Gasteiger partial charge >= 0.3 is 5.97 Å². The second-order valence-electron chi connectivity index (χ2n) is 4.63. The molecule has 0 saturated heterocycles. The summed E-state index contributed by atoms with van der Waals surface area (Å²) < 4.78 is 5.18. The fourth-order valence-corrected chi connectivity index (χ4v) is 2.17. The zero-order valence-electron chi connectivity index (χ0n) is 11.6. The van der Waals surface area contributed by atoms with E-state index >= 15 is 0 Å². The van der Waals surface area contributed by atoms with Gasteiger partial charge in [-0.25, -0.2) is 0 Å². The maximum absolute atomic E-state index is 10.8. The molecule has 0 radical (unpaired) electrons. The van der Waals surface area contributed by atoms with Crippen LogP contribution in [0.5, 0.6) is 0 Å². The van der Waals surface area contributed by atoms with Gasteiger partial charge in [0.05, 0.1) is 13.1 Å². The van der Waals surface area contributed by atoms with Gasteiger partial charge in [-0.15, -0.1) is 0 Å². The number of hydrogen-bond acceptors (Lipinski definition) is 5. The van der Waals surface area contributed by atoms with E-state index < -0.39 is 5.97 Å². The van der Waals surface area contributed by atoms with E-state index in [4.69, 9.17) is 21.2 Å². The van der Waals surface area contributed by atoms with Gasteiger partial charge in [-0.3, -0.25) is 9.69 Å². The highest BCUT2D eigenvalue weighted by atomic mass is 35.5. The monoisotopic (exact) mass is 309 g/mol. The van der Waals surface area contributed by atoms with Crippen LogP contribution in [0.2, 0.25) is 5.02 Å². The molecule has 2 aromatic rings. The van der Waals surface area contributed by atoms with E-state index in [1.165, 1.54) is 0 Å². The summed E-state index contributed by atoms with van der Waals surface area (Å²) in [6.45, 7) is 2.90. The first-order chi connectivity index (χ1) is 10.1. The fourth-order valence-electron chi connectivity index (χ4n) is 1.98. The molecule has 0 bridgehead atoms. The quantitative estimate of drug-likeness (QED) is 0.847. The van der Waals surface area contributed by atoms with Crippen LogP contribution in [-0.4, -0.2) is 39.2 Å². The first-order valence-electron chi connectivity index (χ1n) is 6.61. The summed E-state index contributed by atoms with van der Waals surface area (Å²) in [5.74, 6) is -0.0445. The van der Waals surface area contributed by atoms with Crippen molar-refractivity contribution >= 4 is 17.6 Å². The topological polar surface area (TPSA) is 79.5 Å². The van der Waals surface area contributed by atoms with Crippen LogP contribution < -0.4 is 0 Å². The minimum atomic E-state index is -0.877. The molecule has 1 N–H and O–H groups in total. The summed E-state index contributed by atoms with van der Waals surface area (Å²) in [5.41, 5.74) is 0.762. The van der Waals surface area contributed by atoms with Gasteiger partial charge in [-0.2, -0.15) is 4.98 Å². The van der Waals surface area contributed by atoms with E-state index in [1.54, 1.807) is 17.0 Å². The Bertz CT molecular complexity index is 615. The molecular formula is C14H16ClN3O3. The van der Waals surface area contributed by atoms with Crippen molar-refractivity contribution in [1.82, 2.24) is 15.0 Å². The van der Waals surface area contributed by atoms with E-state index in [0.29, 0.717) is 29.8 Å². The molecule has 112 valence electrons. The maximum Gasteiger partial charge on any atom is 0.317 e. The van der Waals surface area contributed by atoms with Crippen molar-refractivity contribution in [2.24, 2.45) is 0 Å². The normalized spacial score (nSPS) is 11.0. The Morgan fingerprint density at radius 1 is 1.48 bits per heavy atom. The number of carbonyl (C=O) groups is 1. The number of halogens is 1. The zero-order valence-corrected chi connectivity index (χ0v) is 12.4. The lowest BCUT2D eigenvalue weighted by Crippen LogP contribution is -2.30. The van der Waals surface area contributed by atoms with Crippen LogP contribution in [0.15, 0.2) is 28.8 Å². The van der Waals surface area contributed by atoms with Crippen LogP contribution in [0.3, 0.4) is 0 Å². The highest BCUT2D eigenvalue weighted by Gasteiger charge is 2.15. The summed E-state index contributed by atoms with van der Waals surface area (Å²) in [5, 5.41) is 13.4. The minimum absolute atomic E-state index is 0.0529. The van der Waals surface area contributed by atoms with Gasteiger partial charge in [0.15, 0.2) is 0 Å². The lowest BCUT2D eigenvalue weighted by atomic mass is 10.2. The Labute approximate surface area is 127 Å². The summed E-state index contributed by atoms with van der Waals surface area (Å²) in [6.07, 6.45) is 0.850. The van der Waals surface area contributed by atoms with Crippen LogP contribution in [0.25, 0.3) is 11.4 Å². The van der Waals surface area contributed by atoms with Crippen LogP contribution in [0.4, 0.5) is 0 Å². The summed E-state index contributed by atoms with van der Waals surface area (Å²) in [4.78, 5) is 16.8. The van der Waals surface area contributed by atoms with E-state index in [-0.39, 0.29) is 6.54 Å². The largest absolute Gasteiger partial charge is 0.480 e. The molecule has 1 aromatic heterocycles. The third-order valence-electron chi connectivity index (χ3n) is 2.81. The smallest absolute Gasteiger partial charge is 0.317 e. The molecule has 7 heteroatoms. The highest BCUT2D eigenvalue weighted by Crippen LogP contribution is 2.20. The number of carboxylic acids is 1. The van der Waals surface area contributed by atoms with Crippen molar-refractivity contribution in [2.75, 3.05) is 13.1 Å². The Morgan fingerprint density at radius 3 is 2.95 bits per heavy atom. The van der Waals surface area contributed by atoms with Gasteiger partial charge in [0.25, 0.3) is 0 Å². The van der Waals surface area contributed by atoms with Crippen molar-refractivity contribution in [3.8, 4) is 11.4 Å². The summed E-state index contributed by atoms with van der Waals surface area (Å²) >= 11 is 5.92. The van der Waals surface area contributed by atoms with Gasteiger partial charge in [0.1, 0.15) is 0 Å². The summed E-state index contributed by atoms with van der Waals surface area (Å²) in [6, 6.07) is 7.15. The average Bonchev–Trinajstić information content (AvgIpc) is 2.87. The highest BCUT2D eigenvalue weighted by molar-refractivity contribution is 6.30. The number of aromatic nitrogens is 2. The first-order valence-corrected chi connectivity index (χ1v) is 6.99.